The van der Waals surface area contributed by atoms with Crippen LogP contribution in [0.2, 0.25) is 0 Å². The van der Waals surface area contributed by atoms with Crippen molar-refractivity contribution in [3.05, 3.63) is 41.3 Å². The van der Waals surface area contributed by atoms with Crippen LogP contribution in [0.5, 0.6) is 0 Å². The molecule has 1 N–H and O–H groups in total. The van der Waals surface area contributed by atoms with Gasteiger partial charge in [-0.2, -0.15) is 0 Å². The quantitative estimate of drug-likeness (QED) is 0.674. The standard InChI is InChI=1S/C18H20FN3O3/c19-14-8-4-3-7-13(14)11-15-17(24)22(18(25)20-15)12-16(23)21-9-5-1-2-6-10-21/h3-4,7-8,11H,1-2,5-6,9-10,12H2,(H,20,25)/b15-11-. The van der Waals surface area contributed by atoms with E-state index in [1.807, 2.05) is 0 Å². The molecule has 0 unspecified atom stereocenters. The number of rotatable bonds is 3. The Morgan fingerprint density at radius 1 is 1.12 bits per heavy atom. The van der Waals surface area contributed by atoms with Crippen LogP contribution < -0.4 is 5.32 Å². The summed E-state index contributed by atoms with van der Waals surface area (Å²) in [7, 11) is 0. The molecule has 2 aliphatic rings. The third-order valence-electron chi connectivity index (χ3n) is 4.42. The minimum Gasteiger partial charge on any atom is -0.341 e. The van der Waals surface area contributed by atoms with Gasteiger partial charge in [0.15, 0.2) is 0 Å². The zero-order valence-electron chi connectivity index (χ0n) is 13.8. The van der Waals surface area contributed by atoms with Gasteiger partial charge in [-0.25, -0.2) is 14.1 Å². The van der Waals surface area contributed by atoms with E-state index in [0.717, 1.165) is 30.6 Å². The molecule has 2 aliphatic heterocycles. The van der Waals surface area contributed by atoms with Crippen molar-refractivity contribution in [2.45, 2.75) is 25.7 Å². The molecule has 0 aliphatic carbocycles. The highest BCUT2D eigenvalue weighted by Gasteiger charge is 2.36. The molecule has 7 heteroatoms. The second-order valence-corrected chi connectivity index (χ2v) is 6.20. The lowest BCUT2D eigenvalue weighted by atomic mass is 10.2. The number of likely N-dealkylation sites (tertiary alicyclic amines) is 1. The second kappa shape index (κ2) is 7.46. The molecule has 25 heavy (non-hydrogen) atoms. The molecule has 6 nitrogen and oxygen atoms in total. The molecule has 0 aromatic heterocycles. The molecule has 0 atom stereocenters. The van der Waals surface area contributed by atoms with Gasteiger partial charge in [-0.3, -0.25) is 9.59 Å². The first-order valence-corrected chi connectivity index (χ1v) is 8.43. The Morgan fingerprint density at radius 3 is 2.48 bits per heavy atom. The zero-order chi connectivity index (χ0) is 17.8. The van der Waals surface area contributed by atoms with E-state index < -0.39 is 17.8 Å². The first-order valence-electron chi connectivity index (χ1n) is 8.43. The molecule has 1 aromatic rings. The topological polar surface area (TPSA) is 69.7 Å². The monoisotopic (exact) mass is 345 g/mol. The van der Waals surface area contributed by atoms with Crippen molar-refractivity contribution in [3.63, 3.8) is 0 Å². The Labute approximate surface area is 145 Å². The molecule has 0 spiro atoms. The maximum Gasteiger partial charge on any atom is 0.329 e. The fraction of sp³-hybridized carbons (Fsp3) is 0.389. The van der Waals surface area contributed by atoms with Gasteiger partial charge in [0.05, 0.1) is 0 Å². The van der Waals surface area contributed by atoms with Crippen molar-refractivity contribution in [1.82, 2.24) is 15.1 Å². The minimum absolute atomic E-state index is 0.0289. The maximum absolute atomic E-state index is 13.7. The van der Waals surface area contributed by atoms with Gasteiger partial charge in [0.2, 0.25) is 5.91 Å². The van der Waals surface area contributed by atoms with Crippen molar-refractivity contribution in [2.24, 2.45) is 0 Å². The normalized spacial score (nSPS) is 20.0. The highest BCUT2D eigenvalue weighted by molar-refractivity contribution is 6.15. The van der Waals surface area contributed by atoms with Crippen molar-refractivity contribution in [1.29, 1.82) is 0 Å². The van der Waals surface area contributed by atoms with Gasteiger partial charge >= 0.3 is 6.03 Å². The van der Waals surface area contributed by atoms with Crippen LogP contribution in [-0.2, 0) is 9.59 Å². The fourth-order valence-corrected chi connectivity index (χ4v) is 3.02. The summed E-state index contributed by atoms with van der Waals surface area (Å²) in [5, 5.41) is 2.41. The first-order chi connectivity index (χ1) is 12.1. The molecule has 4 amide bonds. The molecule has 0 bridgehead atoms. The zero-order valence-corrected chi connectivity index (χ0v) is 13.8. The van der Waals surface area contributed by atoms with E-state index in [4.69, 9.17) is 0 Å². The summed E-state index contributed by atoms with van der Waals surface area (Å²) >= 11 is 0. The number of nitrogens with zero attached hydrogens (tertiary/aromatic N) is 2. The average Bonchev–Trinajstić information content (AvgIpc) is 2.80. The van der Waals surface area contributed by atoms with E-state index in [0.29, 0.717) is 13.1 Å². The van der Waals surface area contributed by atoms with Crippen LogP contribution in [0.15, 0.2) is 30.0 Å². The Bertz CT molecular complexity index is 724. The summed E-state index contributed by atoms with van der Waals surface area (Å²) in [6.07, 6.45) is 5.32. The summed E-state index contributed by atoms with van der Waals surface area (Å²) in [5.41, 5.74) is 0.172. The van der Waals surface area contributed by atoms with Gasteiger partial charge in [0.25, 0.3) is 5.91 Å². The van der Waals surface area contributed by atoms with E-state index in [2.05, 4.69) is 5.32 Å². The summed E-state index contributed by atoms with van der Waals surface area (Å²) in [6, 6.07) is 5.30. The van der Waals surface area contributed by atoms with Gasteiger partial charge in [-0.1, -0.05) is 31.0 Å². The summed E-state index contributed by atoms with van der Waals surface area (Å²) in [6.45, 7) is 1.01. The van der Waals surface area contributed by atoms with Crippen molar-refractivity contribution < 1.29 is 18.8 Å². The number of nitrogens with one attached hydrogen (secondary N) is 1. The molecule has 0 radical (unpaired) electrons. The number of hydrogen-bond acceptors (Lipinski definition) is 3. The molecule has 132 valence electrons. The largest absolute Gasteiger partial charge is 0.341 e. The molecule has 2 saturated heterocycles. The predicted molar refractivity (Wildman–Crippen MR) is 89.7 cm³/mol. The van der Waals surface area contributed by atoms with Crippen molar-refractivity contribution in [2.75, 3.05) is 19.6 Å². The van der Waals surface area contributed by atoms with Crippen LogP contribution in [0, 0.1) is 5.82 Å². The molecule has 0 saturated carbocycles. The number of carbonyl (C=O) groups excluding carboxylic acids is 3. The predicted octanol–water partition coefficient (Wildman–Crippen LogP) is 2.12. The Morgan fingerprint density at radius 2 is 1.80 bits per heavy atom. The van der Waals surface area contributed by atoms with E-state index in [1.165, 1.54) is 18.2 Å². The summed E-state index contributed by atoms with van der Waals surface area (Å²) < 4.78 is 13.7. The van der Waals surface area contributed by atoms with E-state index in [1.54, 1.807) is 17.0 Å². The Kier molecular flexibility index (Phi) is 5.11. The lowest BCUT2D eigenvalue weighted by Gasteiger charge is -2.22. The van der Waals surface area contributed by atoms with Gasteiger partial charge in [0.1, 0.15) is 18.1 Å². The van der Waals surface area contributed by atoms with Gasteiger partial charge in [-0.05, 0) is 25.0 Å². The lowest BCUT2D eigenvalue weighted by Crippen LogP contribution is -2.43. The Balaban J connectivity index is 1.71. The Hall–Kier alpha value is -2.70. The van der Waals surface area contributed by atoms with Gasteiger partial charge in [0, 0.05) is 18.7 Å². The average molecular weight is 345 g/mol. The van der Waals surface area contributed by atoms with Crippen LogP contribution in [0.25, 0.3) is 6.08 Å². The van der Waals surface area contributed by atoms with Crippen molar-refractivity contribution in [3.8, 4) is 0 Å². The molecule has 2 fully saturated rings. The maximum atomic E-state index is 13.7. The van der Waals surface area contributed by atoms with Crippen LogP contribution in [-0.4, -0.2) is 47.3 Å². The number of urea groups is 1. The van der Waals surface area contributed by atoms with E-state index in [-0.39, 0.29) is 23.7 Å². The van der Waals surface area contributed by atoms with E-state index in [9.17, 15) is 18.8 Å². The smallest absolute Gasteiger partial charge is 0.329 e. The highest BCUT2D eigenvalue weighted by Crippen LogP contribution is 2.17. The van der Waals surface area contributed by atoms with Crippen LogP contribution in [0.3, 0.4) is 0 Å². The highest BCUT2D eigenvalue weighted by atomic mass is 19.1. The molecule has 1 aromatic carbocycles. The number of benzene rings is 1. The van der Waals surface area contributed by atoms with Gasteiger partial charge in [-0.15, -0.1) is 0 Å². The molecule has 2 heterocycles. The van der Waals surface area contributed by atoms with Crippen LogP contribution in [0.1, 0.15) is 31.2 Å². The number of imide groups is 1. The fourth-order valence-electron chi connectivity index (χ4n) is 3.02. The van der Waals surface area contributed by atoms with Gasteiger partial charge < -0.3 is 10.2 Å². The molecule has 3 rings (SSSR count). The first kappa shape index (κ1) is 17.1. The number of carbonyl (C=O) groups is 3. The van der Waals surface area contributed by atoms with Crippen molar-refractivity contribution >= 4 is 23.9 Å². The number of amides is 4. The third kappa shape index (κ3) is 3.87. The molecular weight excluding hydrogens is 325 g/mol. The molecular formula is C18H20FN3O3. The SMILES string of the molecule is O=C(CN1C(=O)N/C(=C\c2ccccc2F)C1=O)N1CCCCCC1. The summed E-state index contributed by atoms with van der Waals surface area (Å²) in [5.74, 6) is -1.34. The lowest BCUT2D eigenvalue weighted by molar-refractivity contribution is -0.135. The minimum atomic E-state index is -0.657. The number of halogens is 1. The number of hydrogen-bond donors (Lipinski definition) is 1. The van der Waals surface area contributed by atoms with Crippen LogP contribution >= 0.6 is 0 Å². The second-order valence-electron chi connectivity index (χ2n) is 6.20. The van der Waals surface area contributed by atoms with Crippen LogP contribution in [0.4, 0.5) is 9.18 Å². The third-order valence-corrected chi connectivity index (χ3v) is 4.42. The summed E-state index contributed by atoms with van der Waals surface area (Å²) in [4.78, 5) is 39.4. The van der Waals surface area contributed by atoms with E-state index >= 15 is 0 Å².